The van der Waals surface area contributed by atoms with E-state index >= 15 is 0 Å². The van der Waals surface area contributed by atoms with Gasteiger partial charge in [-0.3, -0.25) is 0 Å². The third-order valence-electron chi connectivity index (χ3n) is 3.45. The second-order valence-corrected chi connectivity index (χ2v) is 4.83. The Morgan fingerprint density at radius 2 is 1.33 bits per heavy atom. The van der Waals surface area contributed by atoms with Crippen LogP contribution in [-0.4, -0.2) is 0 Å². The van der Waals surface area contributed by atoms with E-state index in [2.05, 4.69) is 20.8 Å². The van der Waals surface area contributed by atoms with E-state index in [0.29, 0.717) is 0 Å². The lowest BCUT2D eigenvalue weighted by Crippen LogP contribution is -1.96. The summed E-state index contributed by atoms with van der Waals surface area (Å²) in [5.74, 6) is 0.894. The average Bonchev–Trinajstić information content (AvgIpc) is 2.27. The topological polar surface area (TPSA) is 0 Å². The minimum atomic E-state index is 0.894. The molecule has 1 atom stereocenters. The first-order chi connectivity index (χ1) is 7.35. The maximum atomic E-state index is 4.01. The molecule has 0 bridgehead atoms. The molecule has 0 aliphatic carbocycles. The van der Waals surface area contributed by atoms with Crippen LogP contribution in [0.3, 0.4) is 0 Å². The fraction of sp³-hybridized carbons (Fsp3) is 0.933. The van der Waals surface area contributed by atoms with Crippen LogP contribution in [0.25, 0.3) is 0 Å². The molecule has 0 rings (SSSR count). The molecule has 0 fully saturated rings. The largest absolute Gasteiger partial charge is 0.0654 e. The SMILES string of the molecule is [CH2]CC(CC)CCCCCCCCCC. The normalized spacial score (nSPS) is 11.2. The first-order valence-electron chi connectivity index (χ1n) is 7.14. The van der Waals surface area contributed by atoms with Gasteiger partial charge in [-0.15, -0.1) is 0 Å². The maximum Gasteiger partial charge on any atom is -0.0417 e. The van der Waals surface area contributed by atoms with Gasteiger partial charge in [-0.25, -0.2) is 0 Å². The molecule has 0 aromatic heterocycles. The molecule has 0 aromatic rings. The molecule has 0 amide bonds. The average molecular weight is 211 g/mol. The quantitative estimate of drug-likeness (QED) is 0.381. The predicted molar refractivity (Wildman–Crippen MR) is 71.0 cm³/mol. The smallest absolute Gasteiger partial charge is 0.0417 e. The number of unbranched alkanes of at least 4 members (excludes halogenated alkanes) is 7. The van der Waals surface area contributed by atoms with Crippen molar-refractivity contribution < 1.29 is 0 Å². The van der Waals surface area contributed by atoms with Crippen molar-refractivity contribution in [3.63, 3.8) is 0 Å². The molecule has 0 heterocycles. The van der Waals surface area contributed by atoms with Crippen LogP contribution in [0.2, 0.25) is 0 Å². The Balaban J connectivity index is 3.04. The Morgan fingerprint density at radius 3 is 1.80 bits per heavy atom. The molecular weight excluding hydrogens is 180 g/mol. The standard InChI is InChI=1S/C15H31/c1-4-7-8-9-10-11-12-13-14-15(5-2)6-3/h15H,2,4-14H2,1,3H3. The molecule has 0 saturated heterocycles. The Bertz CT molecular complexity index is 103. The number of hydrogen-bond acceptors (Lipinski definition) is 0. The van der Waals surface area contributed by atoms with E-state index in [1.165, 1.54) is 64.2 Å². The van der Waals surface area contributed by atoms with Crippen LogP contribution >= 0.6 is 0 Å². The molecule has 0 aliphatic rings. The van der Waals surface area contributed by atoms with E-state index in [9.17, 15) is 0 Å². The van der Waals surface area contributed by atoms with Gasteiger partial charge in [-0.1, -0.05) is 91.4 Å². The summed E-state index contributed by atoms with van der Waals surface area (Å²) in [7, 11) is 0. The van der Waals surface area contributed by atoms with Gasteiger partial charge in [-0.05, 0) is 5.92 Å². The van der Waals surface area contributed by atoms with Crippen LogP contribution in [0.1, 0.15) is 84.5 Å². The van der Waals surface area contributed by atoms with Gasteiger partial charge in [0.25, 0.3) is 0 Å². The van der Waals surface area contributed by atoms with Crippen LogP contribution in [0.5, 0.6) is 0 Å². The number of hydrogen-bond donors (Lipinski definition) is 0. The Hall–Kier alpha value is 0. The molecule has 0 heteroatoms. The van der Waals surface area contributed by atoms with Gasteiger partial charge in [0.15, 0.2) is 0 Å². The lowest BCUT2D eigenvalue weighted by atomic mass is 9.95. The van der Waals surface area contributed by atoms with E-state index < -0.39 is 0 Å². The second kappa shape index (κ2) is 12.1. The molecule has 15 heavy (non-hydrogen) atoms. The minimum Gasteiger partial charge on any atom is -0.0654 e. The summed E-state index contributed by atoms with van der Waals surface area (Å²) in [6, 6.07) is 0. The highest BCUT2D eigenvalue weighted by Gasteiger charge is 2.02. The van der Waals surface area contributed by atoms with E-state index in [0.717, 1.165) is 12.3 Å². The van der Waals surface area contributed by atoms with Crippen molar-refractivity contribution in [3.8, 4) is 0 Å². The Morgan fingerprint density at radius 1 is 0.800 bits per heavy atom. The summed E-state index contributed by atoms with van der Waals surface area (Å²) in [5.41, 5.74) is 0. The molecule has 91 valence electrons. The van der Waals surface area contributed by atoms with Gasteiger partial charge in [0.2, 0.25) is 0 Å². The van der Waals surface area contributed by atoms with Crippen molar-refractivity contribution in [3.05, 3.63) is 6.92 Å². The lowest BCUT2D eigenvalue weighted by molar-refractivity contribution is 0.440. The maximum absolute atomic E-state index is 4.01. The van der Waals surface area contributed by atoms with Crippen molar-refractivity contribution in [2.75, 3.05) is 0 Å². The Kier molecular flexibility index (Phi) is 12.1. The molecule has 0 aliphatic heterocycles. The van der Waals surface area contributed by atoms with Crippen LogP contribution < -0.4 is 0 Å². The first-order valence-corrected chi connectivity index (χ1v) is 7.14. The second-order valence-electron chi connectivity index (χ2n) is 4.83. The van der Waals surface area contributed by atoms with Gasteiger partial charge in [0.1, 0.15) is 0 Å². The highest BCUT2D eigenvalue weighted by atomic mass is 14.1. The molecule has 1 radical (unpaired) electrons. The lowest BCUT2D eigenvalue weighted by Gasteiger charge is -2.11. The van der Waals surface area contributed by atoms with Crippen molar-refractivity contribution in [2.24, 2.45) is 5.92 Å². The van der Waals surface area contributed by atoms with Gasteiger partial charge in [-0.2, -0.15) is 0 Å². The van der Waals surface area contributed by atoms with E-state index in [1.54, 1.807) is 0 Å². The molecule has 0 saturated carbocycles. The van der Waals surface area contributed by atoms with Gasteiger partial charge >= 0.3 is 0 Å². The molecule has 0 N–H and O–H groups in total. The highest BCUT2D eigenvalue weighted by molar-refractivity contribution is 4.58. The fourth-order valence-electron chi connectivity index (χ4n) is 2.12. The van der Waals surface area contributed by atoms with Crippen LogP contribution in [0.15, 0.2) is 0 Å². The molecule has 0 spiro atoms. The van der Waals surface area contributed by atoms with E-state index in [-0.39, 0.29) is 0 Å². The highest BCUT2D eigenvalue weighted by Crippen LogP contribution is 2.17. The summed E-state index contributed by atoms with van der Waals surface area (Å²) >= 11 is 0. The fourth-order valence-corrected chi connectivity index (χ4v) is 2.12. The third kappa shape index (κ3) is 10.3. The third-order valence-corrected chi connectivity index (χ3v) is 3.45. The monoisotopic (exact) mass is 211 g/mol. The predicted octanol–water partition coefficient (Wildman–Crippen LogP) is 5.77. The van der Waals surface area contributed by atoms with Gasteiger partial charge in [0.05, 0.1) is 0 Å². The van der Waals surface area contributed by atoms with Crippen molar-refractivity contribution in [2.45, 2.75) is 84.5 Å². The zero-order valence-electron chi connectivity index (χ0n) is 11.1. The van der Waals surface area contributed by atoms with E-state index in [1.807, 2.05) is 0 Å². The first kappa shape index (κ1) is 15.0. The zero-order valence-corrected chi connectivity index (χ0v) is 11.1. The van der Waals surface area contributed by atoms with Crippen molar-refractivity contribution >= 4 is 0 Å². The van der Waals surface area contributed by atoms with Crippen LogP contribution in [0.4, 0.5) is 0 Å². The number of rotatable bonds is 11. The van der Waals surface area contributed by atoms with Gasteiger partial charge < -0.3 is 0 Å². The van der Waals surface area contributed by atoms with Crippen LogP contribution in [0, 0.1) is 12.8 Å². The zero-order chi connectivity index (χ0) is 11.4. The molecule has 0 aromatic carbocycles. The Labute approximate surface area is 97.8 Å². The summed E-state index contributed by atoms with van der Waals surface area (Å²) in [5, 5.41) is 0. The summed E-state index contributed by atoms with van der Waals surface area (Å²) in [6.07, 6.45) is 15.4. The van der Waals surface area contributed by atoms with Crippen molar-refractivity contribution in [1.82, 2.24) is 0 Å². The molecule has 0 nitrogen and oxygen atoms in total. The summed E-state index contributed by atoms with van der Waals surface area (Å²) in [4.78, 5) is 0. The van der Waals surface area contributed by atoms with Crippen molar-refractivity contribution in [1.29, 1.82) is 0 Å². The van der Waals surface area contributed by atoms with Crippen LogP contribution in [-0.2, 0) is 0 Å². The summed E-state index contributed by atoms with van der Waals surface area (Å²) in [6.45, 7) is 8.58. The molecule has 1 unspecified atom stereocenters. The van der Waals surface area contributed by atoms with E-state index in [4.69, 9.17) is 0 Å². The summed E-state index contributed by atoms with van der Waals surface area (Å²) < 4.78 is 0. The molecular formula is C15H31. The minimum absolute atomic E-state index is 0.894. The van der Waals surface area contributed by atoms with Gasteiger partial charge in [0, 0.05) is 0 Å².